The molecular formula is C38H30N4O12S2. The minimum Gasteiger partial charge on any atom is -0.507 e. The summed E-state index contributed by atoms with van der Waals surface area (Å²) in [4.78, 5) is 50.9. The second-order valence-corrected chi connectivity index (χ2v) is 15.4. The third-order valence-electron chi connectivity index (χ3n) is 8.60. The number of phenols is 2. The van der Waals surface area contributed by atoms with Crippen LogP contribution in [0.25, 0.3) is 21.5 Å². The molecule has 16 nitrogen and oxygen atoms in total. The summed E-state index contributed by atoms with van der Waals surface area (Å²) in [7, 11) is -9.02. The van der Waals surface area contributed by atoms with Gasteiger partial charge in [-0.2, -0.15) is 16.8 Å². The zero-order valence-electron chi connectivity index (χ0n) is 29.1. The van der Waals surface area contributed by atoms with Crippen LogP contribution in [-0.4, -0.2) is 59.8 Å². The van der Waals surface area contributed by atoms with E-state index in [4.69, 9.17) is 0 Å². The molecule has 0 heterocycles. The van der Waals surface area contributed by atoms with E-state index >= 15 is 0 Å². The molecule has 0 radical (unpaired) electrons. The molecule has 0 atom stereocenters. The second-order valence-electron chi connectivity index (χ2n) is 12.6. The molecule has 0 saturated heterocycles. The van der Waals surface area contributed by atoms with E-state index in [-0.39, 0.29) is 66.9 Å². The number of carbonyl (C=O) groups excluding carboxylic acids is 4. The number of phenolic OH excluding ortho intramolecular Hbond substituents is 2. The monoisotopic (exact) mass is 798 g/mol. The molecule has 8 N–H and O–H groups in total. The zero-order valence-corrected chi connectivity index (χ0v) is 30.7. The molecule has 0 aliphatic carbocycles. The summed E-state index contributed by atoms with van der Waals surface area (Å²) in [6.07, 6.45) is 0. The number of carbonyl (C=O) groups is 4. The van der Waals surface area contributed by atoms with Gasteiger partial charge in [0.1, 0.15) is 11.5 Å². The molecule has 18 heteroatoms. The van der Waals surface area contributed by atoms with Gasteiger partial charge < -0.3 is 31.5 Å². The fourth-order valence-corrected chi connectivity index (χ4v) is 6.81. The van der Waals surface area contributed by atoms with E-state index in [1.165, 1.54) is 72.8 Å². The molecule has 4 amide bonds. The van der Waals surface area contributed by atoms with Crippen molar-refractivity contribution in [2.24, 2.45) is 0 Å². The summed E-state index contributed by atoms with van der Waals surface area (Å²) in [6.45, 7) is 3.18. The van der Waals surface area contributed by atoms with Gasteiger partial charge in [-0.15, -0.1) is 0 Å². The van der Waals surface area contributed by atoms with Crippen LogP contribution in [0.15, 0.2) is 107 Å². The molecule has 0 fully saturated rings. The minimum atomic E-state index is -4.51. The summed E-state index contributed by atoms with van der Waals surface area (Å²) >= 11 is 0. The Balaban J connectivity index is 1.08. The summed E-state index contributed by atoms with van der Waals surface area (Å²) in [6, 6.07) is 21.0. The molecule has 0 unspecified atom stereocenters. The van der Waals surface area contributed by atoms with Crippen molar-refractivity contribution in [1.29, 1.82) is 0 Å². The van der Waals surface area contributed by atoms with Gasteiger partial charge in [0, 0.05) is 56.8 Å². The lowest BCUT2D eigenvalue weighted by molar-refractivity contribution is -0.133. The lowest BCUT2D eigenvalue weighted by Crippen LogP contribution is -2.29. The Morgan fingerprint density at radius 1 is 0.482 bits per heavy atom. The first-order chi connectivity index (χ1) is 26.3. The Labute approximate surface area is 318 Å². The highest BCUT2D eigenvalue weighted by Crippen LogP contribution is 2.33. The maximum Gasteiger partial charge on any atom is 0.314 e. The smallest absolute Gasteiger partial charge is 0.314 e. The highest BCUT2D eigenvalue weighted by molar-refractivity contribution is 7.86. The van der Waals surface area contributed by atoms with Crippen molar-refractivity contribution in [2.45, 2.75) is 23.6 Å². The van der Waals surface area contributed by atoms with Crippen LogP contribution in [0, 0.1) is 13.8 Å². The third kappa shape index (κ3) is 8.43. The number of anilines is 4. The highest BCUT2D eigenvalue weighted by Gasteiger charge is 2.19. The number of hydrogen-bond acceptors (Lipinski definition) is 10. The van der Waals surface area contributed by atoms with E-state index in [1.54, 1.807) is 13.8 Å². The minimum absolute atomic E-state index is 0.132. The Hall–Kier alpha value is -6.86. The van der Waals surface area contributed by atoms with Gasteiger partial charge >= 0.3 is 11.8 Å². The Morgan fingerprint density at radius 2 is 0.857 bits per heavy atom. The quantitative estimate of drug-likeness (QED) is 0.0691. The number of fused-ring (bicyclic) bond motifs is 2. The molecule has 6 aromatic carbocycles. The number of aromatic hydroxyl groups is 2. The molecule has 6 aromatic rings. The Morgan fingerprint density at radius 3 is 1.20 bits per heavy atom. The van der Waals surface area contributed by atoms with Gasteiger partial charge in [0.15, 0.2) is 0 Å². The maximum absolute atomic E-state index is 13.0. The van der Waals surface area contributed by atoms with Gasteiger partial charge in [-0.1, -0.05) is 0 Å². The average molecular weight is 799 g/mol. The van der Waals surface area contributed by atoms with Crippen molar-refractivity contribution in [3.8, 4) is 11.5 Å². The van der Waals surface area contributed by atoms with Crippen LogP contribution in [0.1, 0.15) is 31.8 Å². The molecule has 0 aliphatic heterocycles. The van der Waals surface area contributed by atoms with Crippen molar-refractivity contribution in [3.05, 3.63) is 119 Å². The lowest BCUT2D eigenvalue weighted by atomic mass is 10.1. The first-order valence-corrected chi connectivity index (χ1v) is 19.1. The maximum atomic E-state index is 13.0. The molecule has 0 saturated carbocycles. The van der Waals surface area contributed by atoms with Gasteiger partial charge in [-0.05, 0) is 121 Å². The SMILES string of the molecule is Cc1cc(C(=O)Nc2cc(O)c3ccc(S(=O)(=O)O)cc3c2)ccc1NC(=O)C(=O)Nc1ccc(C(=O)Nc2cc(O)c3ccc(S(=O)(=O)O)cc3c2)cc1C. The fourth-order valence-electron chi connectivity index (χ4n) is 5.78. The van der Waals surface area contributed by atoms with Crippen molar-refractivity contribution in [3.63, 3.8) is 0 Å². The first-order valence-electron chi connectivity index (χ1n) is 16.2. The highest BCUT2D eigenvalue weighted by atomic mass is 32.2. The van der Waals surface area contributed by atoms with Gasteiger partial charge in [0.05, 0.1) is 9.79 Å². The van der Waals surface area contributed by atoms with Crippen molar-refractivity contribution in [1.82, 2.24) is 0 Å². The van der Waals surface area contributed by atoms with Crippen LogP contribution in [0.2, 0.25) is 0 Å². The predicted molar refractivity (Wildman–Crippen MR) is 206 cm³/mol. The van der Waals surface area contributed by atoms with Gasteiger partial charge in [0.2, 0.25) is 0 Å². The normalized spacial score (nSPS) is 11.6. The summed E-state index contributed by atoms with van der Waals surface area (Å²) in [5.74, 6) is -3.76. The average Bonchev–Trinajstić information content (AvgIpc) is 3.11. The first kappa shape index (κ1) is 38.9. The lowest BCUT2D eigenvalue weighted by Gasteiger charge is -2.13. The van der Waals surface area contributed by atoms with Gasteiger partial charge in [-0.25, -0.2) is 0 Å². The number of amides is 4. The molecular weight excluding hydrogens is 769 g/mol. The number of nitrogens with one attached hydrogen (secondary N) is 4. The zero-order chi connectivity index (χ0) is 40.7. The van der Waals surface area contributed by atoms with E-state index in [1.807, 2.05) is 0 Å². The molecule has 56 heavy (non-hydrogen) atoms. The molecule has 286 valence electrons. The Bertz CT molecular complexity index is 2700. The molecule has 6 rings (SSSR count). The van der Waals surface area contributed by atoms with E-state index in [9.17, 15) is 55.3 Å². The van der Waals surface area contributed by atoms with Crippen molar-refractivity contribution >= 4 is 88.2 Å². The molecule has 0 bridgehead atoms. The van der Waals surface area contributed by atoms with E-state index < -0.39 is 53.7 Å². The van der Waals surface area contributed by atoms with Gasteiger partial charge in [0.25, 0.3) is 32.1 Å². The molecule has 0 aromatic heterocycles. The largest absolute Gasteiger partial charge is 0.507 e. The van der Waals surface area contributed by atoms with Gasteiger partial charge in [-0.3, -0.25) is 28.3 Å². The van der Waals surface area contributed by atoms with E-state index in [2.05, 4.69) is 21.3 Å². The molecule has 0 spiro atoms. The van der Waals surface area contributed by atoms with Crippen LogP contribution < -0.4 is 21.3 Å². The van der Waals surface area contributed by atoms with Crippen LogP contribution >= 0.6 is 0 Å². The van der Waals surface area contributed by atoms with E-state index in [0.717, 1.165) is 24.3 Å². The van der Waals surface area contributed by atoms with Crippen molar-refractivity contribution in [2.75, 3.05) is 21.3 Å². The topological polar surface area (TPSA) is 266 Å². The number of benzene rings is 6. The summed E-state index contributed by atoms with van der Waals surface area (Å²) < 4.78 is 64.9. The Kier molecular flexibility index (Phi) is 10.2. The number of hydrogen-bond donors (Lipinski definition) is 8. The standard InChI is InChI=1S/C38H30N4O12S2/c1-19-11-21(35(45)39-25-13-23-15-27(55(49,50)51)5-7-29(23)33(43)17-25)3-9-31(19)41-37(47)38(48)42-32-10-4-22(12-20(32)2)36(46)40-26-14-24-16-28(56(52,53)54)6-8-30(24)34(44)18-26/h3-18,43-44H,1-2H3,(H,39,45)(H,40,46)(H,41,47)(H,42,48)(H,49,50,51)(H,52,53,54). The van der Waals surface area contributed by atoms with Crippen LogP contribution in [-0.2, 0) is 29.8 Å². The summed E-state index contributed by atoms with van der Waals surface area (Å²) in [5, 5.41) is 32.0. The van der Waals surface area contributed by atoms with E-state index in [0.29, 0.717) is 11.1 Å². The second kappa shape index (κ2) is 14.8. The summed E-state index contributed by atoms with van der Waals surface area (Å²) in [5.41, 5.74) is 1.85. The van der Waals surface area contributed by atoms with Crippen LogP contribution in [0.4, 0.5) is 22.7 Å². The number of rotatable bonds is 8. The van der Waals surface area contributed by atoms with Crippen LogP contribution in [0.5, 0.6) is 11.5 Å². The fraction of sp³-hybridized carbons (Fsp3) is 0.0526. The third-order valence-corrected chi connectivity index (χ3v) is 10.3. The molecule has 0 aliphatic rings. The number of aryl methyl sites for hydroxylation is 2. The predicted octanol–water partition coefficient (Wildman–Crippen LogP) is 5.60. The van der Waals surface area contributed by atoms with Crippen molar-refractivity contribution < 1.29 is 55.3 Å². The van der Waals surface area contributed by atoms with Crippen LogP contribution in [0.3, 0.4) is 0 Å².